The summed E-state index contributed by atoms with van der Waals surface area (Å²) in [5, 5.41) is 10.8. The fraction of sp³-hybridized carbons (Fsp3) is 0.600. The van der Waals surface area contributed by atoms with Gasteiger partial charge in [-0.2, -0.15) is 0 Å². The van der Waals surface area contributed by atoms with Gasteiger partial charge in [-0.1, -0.05) is 49.0 Å². The molecule has 1 N–H and O–H groups in total. The summed E-state index contributed by atoms with van der Waals surface area (Å²) in [6, 6.07) is 0. The summed E-state index contributed by atoms with van der Waals surface area (Å²) in [7, 11) is 0. The zero-order chi connectivity index (χ0) is 16.3. The number of hydrogen-bond donors (Lipinski definition) is 1. The molecule has 1 rings (SSSR count). The molecule has 1 aliphatic carbocycles. The van der Waals surface area contributed by atoms with E-state index in [1.807, 2.05) is 25.2 Å². The van der Waals surface area contributed by atoms with Gasteiger partial charge in [-0.25, -0.2) is 0 Å². The molecule has 4 unspecified atom stereocenters. The van der Waals surface area contributed by atoms with Crippen molar-refractivity contribution in [3.05, 3.63) is 48.6 Å². The van der Waals surface area contributed by atoms with Gasteiger partial charge in [0.1, 0.15) is 0 Å². The molecule has 0 spiro atoms. The second kappa shape index (κ2) is 6.79. The van der Waals surface area contributed by atoms with Crippen molar-refractivity contribution < 1.29 is 5.11 Å². The predicted octanol–water partition coefficient (Wildman–Crippen LogP) is 5.44. The summed E-state index contributed by atoms with van der Waals surface area (Å²) in [5.41, 5.74) is 1.79. The van der Waals surface area contributed by atoms with Crippen molar-refractivity contribution in [2.45, 2.75) is 59.5 Å². The highest BCUT2D eigenvalue weighted by molar-refractivity contribution is 5.17. The first-order chi connectivity index (χ1) is 9.62. The number of hydrogen-bond acceptors (Lipinski definition) is 1. The standard InChI is InChI=1S/C20H32O/c1-8-19(6)13-11-17(14-18(19)16(4)5)20(7,21)12-9-10-15(2)3/h8-10,12,17-18,21H,1,4,11,13-14H2,2-3,5-7H3/b12-9+. The van der Waals surface area contributed by atoms with Crippen LogP contribution >= 0.6 is 0 Å². The molecule has 1 fully saturated rings. The van der Waals surface area contributed by atoms with E-state index in [4.69, 9.17) is 0 Å². The molecule has 0 aromatic carbocycles. The van der Waals surface area contributed by atoms with Gasteiger partial charge in [-0.3, -0.25) is 0 Å². The lowest BCUT2D eigenvalue weighted by Gasteiger charge is -2.46. The average Bonchev–Trinajstić information content (AvgIpc) is 2.37. The largest absolute Gasteiger partial charge is 0.386 e. The van der Waals surface area contributed by atoms with Crippen molar-refractivity contribution in [3.8, 4) is 0 Å². The molecule has 0 amide bonds. The van der Waals surface area contributed by atoms with Crippen LogP contribution in [-0.4, -0.2) is 10.7 Å². The van der Waals surface area contributed by atoms with Crippen LogP contribution in [0.4, 0.5) is 0 Å². The number of aliphatic hydroxyl groups is 1. The van der Waals surface area contributed by atoms with Gasteiger partial charge in [0.25, 0.3) is 0 Å². The van der Waals surface area contributed by atoms with E-state index in [9.17, 15) is 5.11 Å². The maximum atomic E-state index is 10.8. The van der Waals surface area contributed by atoms with Gasteiger partial charge < -0.3 is 5.11 Å². The third-order valence-electron chi connectivity index (χ3n) is 5.10. The zero-order valence-electron chi connectivity index (χ0n) is 14.4. The SMILES string of the molecule is C=CC1(C)CCC(C(C)(O)/C=C/C=C(C)C)CC1C(=C)C. The topological polar surface area (TPSA) is 20.2 Å². The molecule has 21 heavy (non-hydrogen) atoms. The van der Waals surface area contributed by atoms with E-state index in [1.54, 1.807) is 0 Å². The Morgan fingerprint density at radius 2 is 1.95 bits per heavy atom. The first-order valence-electron chi connectivity index (χ1n) is 7.96. The molecule has 4 atom stereocenters. The third-order valence-corrected chi connectivity index (χ3v) is 5.10. The van der Waals surface area contributed by atoms with E-state index in [0.29, 0.717) is 5.92 Å². The second-order valence-electron chi connectivity index (χ2n) is 7.41. The average molecular weight is 288 g/mol. The van der Waals surface area contributed by atoms with E-state index in [-0.39, 0.29) is 11.3 Å². The quantitative estimate of drug-likeness (QED) is 0.527. The lowest BCUT2D eigenvalue weighted by molar-refractivity contribution is -0.00222. The Hall–Kier alpha value is -1.08. The summed E-state index contributed by atoms with van der Waals surface area (Å²) >= 11 is 0. The van der Waals surface area contributed by atoms with E-state index >= 15 is 0 Å². The first kappa shape index (κ1) is 18.0. The van der Waals surface area contributed by atoms with Gasteiger partial charge in [0.2, 0.25) is 0 Å². The van der Waals surface area contributed by atoms with E-state index in [0.717, 1.165) is 19.3 Å². The van der Waals surface area contributed by atoms with E-state index in [2.05, 4.69) is 46.9 Å². The highest BCUT2D eigenvalue weighted by Gasteiger charge is 2.42. The highest BCUT2D eigenvalue weighted by atomic mass is 16.3. The minimum Gasteiger partial charge on any atom is -0.386 e. The first-order valence-corrected chi connectivity index (χ1v) is 7.96. The molecule has 1 saturated carbocycles. The van der Waals surface area contributed by atoms with Gasteiger partial charge in [0.15, 0.2) is 0 Å². The molecule has 0 aromatic rings. The summed E-state index contributed by atoms with van der Waals surface area (Å²) in [5.74, 6) is 0.672. The van der Waals surface area contributed by atoms with Crippen LogP contribution < -0.4 is 0 Å². The van der Waals surface area contributed by atoms with Crippen LogP contribution in [0.5, 0.6) is 0 Å². The van der Waals surface area contributed by atoms with E-state index in [1.165, 1.54) is 11.1 Å². The van der Waals surface area contributed by atoms with Crippen LogP contribution in [0.3, 0.4) is 0 Å². The van der Waals surface area contributed by atoms with Crippen molar-refractivity contribution >= 4 is 0 Å². The van der Waals surface area contributed by atoms with Gasteiger partial charge >= 0.3 is 0 Å². The maximum Gasteiger partial charge on any atom is 0.0830 e. The van der Waals surface area contributed by atoms with Crippen LogP contribution in [0, 0.1) is 17.3 Å². The minimum atomic E-state index is -0.762. The summed E-state index contributed by atoms with van der Waals surface area (Å²) in [6.07, 6.45) is 11.1. The molecule has 0 bridgehead atoms. The molecule has 0 radical (unpaired) electrons. The molecule has 0 heterocycles. The van der Waals surface area contributed by atoms with Crippen molar-refractivity contribution in [2.24, 2.45) is 17.3 Å². The lowest BCUT2D eigenvalue weighted by atomic mass is 9.59. The predicted molar refractivity (Wildman–Crippen MR) is 93.1 cm³/mol. The van der Waals surface area contributed by atoms with Crippen LogP contribution in [0.2, 0.25) is 0 Å². The molecule has 1 aliphatic rings. The smallest absolute Gasteiger partial charge is 0.0830 e. The summed E-state index contributed by atoms with van der Waals surface area (Å²) < 4.78 is 0. The van der Waals surface area contributed by atoms with Crippen LogP contribution in [0.15, 0.2) is 48.6 Å². The Morgan fingerprint density at radius 3 is 2.43 bits per heavy atom. The third kappa shape index (κ3) is 4.44. The highest BCUT2D eigenvalue weighted by Crippen LogP contribution is 2.49. The van der Waals surface area contributed by atoms with Crippen LogP contribution in [-0.2, 0) is 0 Å². The van der Waals surface area contributed by atoms with Crippen molar-refractivity contribution in [2.75, 3.05) is 0 Å². The molecule has 118 valence electrons. The molecule has 0 aromatic heterocycles. The summed E-state index contributed by atoms with van der Waals surface area (Å²) in [4.78, 5) is 0. The van der Waals surface area contributed by atoms with Crippen molar-refractivity contribution in [1.29, 1.82) is 0 Å². The normalized spacial score (nSPS) is 32.5. The Labute approximate surface area is 131 Å². The van der Waals surface area contributed by atoms with Crippen molar-refractivity contribution in [1.82, 2.24) is 0 Å². The Bertz CT molecular complexity index is 448. The Kier molecular flexibility index (Phi) is 5.81. The van der Waals surface area contributed by atoms with Gasteiger partial charge in [0.05, 0.1) is 5.60 Å². The van der Waals surface area contributed by atoms with Gasteiger partial charge in [0, 0.05) is 0 Å². The molecule has 1 nitrogen and oxygen atoms in total. The molecular formula is C20H32O. The molecule has 0 saturated heterocycles. The Balaban J connectivity index is 2.91. The number of rotatable bonds is 5. The zero-order valence-corrected chi connectivity index (χ0v) is 14.4. The summed E-state index contributed by atoms with van der Waals surface area (Å²) in [6.45, 7) is 18.6. The van der Waals surface area contributed by atoms with Crippen LogP contribution in [0.25, 0.3) is 0 Å². The lowest BCUT2D eigenvalue weighted by Crippen LogP contribution is -2.42. The van der Waals surface area contributed by atoms with Crippen LogP contribution in [0.1, 0.15) is 53.9 Å². The second-order valence-corrected chi connectivity index (χ2v) is 7.41. The van der Waals surface area contributed by atoms with E-state index < -0.39 is 5.60 Å². The molecular weight excluding hydrogens is 256 g/mol. The van der Waals surface area contributed by atoms with Gasteiger partial charge in [-0.05, 0) is 64.2 Å². The maximum absolute atomic E-state index is 10.8. The fourth-order valence-corrected chi connectivity index (χ4v) is 3.44. The minimum absolute atomic E-state index is 0.113. The monoisotopic (exact) mass is 288 g/mol. The molecule has 0 aliphatic heterocycles. The van der Waals surface area contributed by atoms with Gasteiger partial charge in [-0.15, -0.1) is 6.58 Å². The Morgan fingerprint density at radius 1 is 1.33 bits per heavy atom. The molecule has 1 heteroatoms. The fourth-order valence-electron chi connectivity index (χ4n) is 3.44. The van der Waals surface area contributed by atoms with Crippen molar-refractivity contribution in [3.63, 3.8) is 0 Å². The number of allylic oxidation sites excluding steroid dienone is 5.